The molecule has 0 radical (unpaired) electrons. The van der Waals surface area contributed by atoms with Crippen molar-refractivity contribution in [1.29, 1.82) is 0 Å². The van der Waals surface area contributed by atoms with Crippen LogP contribution >= 0.6 is 0 Å². The van der Waals surface area contributed by atoms with Crippen molar-refractivity contribution in [3.05, 3.63) is 0 Å². The van der Waals surface area contributed by atoms with E-state index in [0.717, 1.165) is 12.0 Å². The monoisotopic (exact) mass is 170 g/mol. The molecule has 1 heterocycles. The van der Waals surface area contributed by atoms with Crippen LogP contribution in [0.2, 0.25) is 0 Å². The zero-order chi connectivity index (χ0) is 9.14. The molecule has 0 bridgehead atoms. The molecule has 2 N–H and O–H groups in total. The maximum absolute atomic E-state index is 5.94. The van der Waals surface area contributed by atoms with Gasteiger partial charge in [-0.25, -0.2) is 0 Å². The van der Waals surface area contributed by atoms with Gasteiger partial charge in [0.25, 0.3) is 0 Å². The van der Waals surface area contributed by atoms with Crippen LogP contribution in [0.5, 0.6) is 0 Å². The molecule has 2 heteroatoms. The van der Waals surface area contributed by atoms with Gasteiger partial charge < -0.3 is 10.6 Å². The molecule has 0 aromatic carbocycles. The largest absolute Gasteiger partial charge is 0.328 e. The molecule has 12 heavy (non-hydrogen) atoms. The van der Waals surface area contributed by atoms with Crippen LogP contribution in [0.25, 0.3) is 0 Å². The summed E-state index contributed by atoms with van der Waals surface area (Å²) in [6, 6.07) is 1.18. The van der Waals surface area contributed by atoms with Gasteiger partial charge in [0, 0.05) is 12.1 Å². The lowest BCUT2D eigenvalue weighted by atomic mass is 9.92. The number of nitrogens with two attached hydrogens (primary N) is 1. The van der Waals surface area contributed by atoms with Gasteiger partial charge in [-0.15, -0.1) is 0 Å². The van der Waals surface area contributed by atoms with Gasteiger partial charge in [0.2, 0.25) is 0 Å². The summed E-state index contributed by atoms with van der Waals surface area (Å²) in [5.74, 6) is 0.794. The Morgan fingerprint density at radius 1 is 1.50 bits per heavy atom. The Bertz CT molecular complexity index is 132. The Balaban J connectivity index is 2.38. The molecule has 0 saturated carbocycles. The molecule has 1 aliphatic heterocycles. The predicted molar refractivity (Wildman–Crippen MR) is 53.1 cm³/mol. The Hall–Kier alpha value is -0.0800. The van der Waals surface area contributed by atoms with E-state index in [4.69, 9.17) is 5.73 Å². The van der Waals surface area contributed by atoms with Crippen molar-refractivity contribution in [3.8, 4) is 0 Å². The van der Waals surface area contributed by atoms with Crippen LogP contribution in [0, 0.1) is 5.92 Å². The molecule has 0 aromatic heterocycles. The highest BCUT2D eigenvalue weighted by Gasteiger charge is 2.23. The number of piperidine rings is 1. The Labute approximate surface area is 76.1 Å². The minimum Gasteiger partial charge on any atom is -0.328 e. The van der Waals surface area contributed by atoms with Crippen molar-refractivity contribution >= 4 is 0 Å². The molecule has 1 rings (SSSR count). The highest BCUT2D eigenvalue weighted by atomic mass is 15.1. The fraction of sp³-hybridized carbons (Fsp3) is 1.00. The molecule has 0 amide bonds. The Kier molecular flexibility index (Phi) is 3.53. The average Bonchev–Trinajstić information content (AvgIpc) is 1.96. The molecule has 2 unspecified atom stereocenters. The van der Waals surface area contributed by atoms with E-state index in [-0.39, 0.29) is 0 Å². The third-order valence-electron chi connectivity index (χ3n) is 2.79. The molecular formula is C10H22N2. The lowest BCUT2D eigenvalue weighted by Crippen LogP contribution is -2.45. The van der Waals surface area contributed by atoms with Gasteiger partial charge in [0.15, 0.2) is 0 Å². The minimum atomic E-state index is 0.449. The summed E-state index contributed by atoms with van der Waals surface area (Å²) in [6.07, 6.45) is 3.66. The zero-order valence-corrected chi connectivity index (χ0v) is 8.59. The van der Waals surface area contributed by atoms with E-state index in [0.29, 0.717) is 6.04 Å². The fourth-order valence-electron chi connectivity index (χ4n) is 2.02. The van der Waals surface area contributed by atoms with Crippen molar-refractivity contribution < 1.29 is 0 Å². The molecule has 2 nitrogen and oxygen atoms in total. The summed E-state index contributed by atoms with van der Waals surface area (Å²) in [5.41, 5.74) is 5.94. The Morgan fingerprint density at radius 3 is 2.75 bits per heavy atom. The molecule has 0 aliphatic carbocycles. The minimum absolute atomic E-state index is 0.449. The van der Waals surface area contributed by atoms with Crippen molar-refractivity contribution in [2.24, 2.45) is 11.7 Å². The zero-order valence-electron chi connectivity index (χ0n) is 8.59. The normalized spacial score (nSPS) is 32.8. The summed E-state index contributed by atoms with van der Waals surface area (Å²) >= 11 is 0. The third-order valence-corrected chi connectivity index (χ3v) is 2.79. The van der Waals surface area contributed by atoms with Gasteiger partial charge in [-0.05, 0) is 38.8 Å². The van der Waals surface area contributed by atoms with Crippen LogP contribution < -0.4 is 5.73 Å². The smallest absolute Gasteiger partial charge is 0.0109 e. The van der Waals surface area contributed by atoms with Gasteiger partial charge in [-0.1, -0.05) is 13.8 Å². The summed E-state index contributed by atoms with van der Waals surface area (Å²) in [7, 11) is 2.22. The van der Waals surface area contributed by atoms with E-state index in [2.05, 4.69) is 25.8 Å². The van der Waals surface area contributed by atoms with E-state index >= 15 is 0 Å². The summed E-state index contributed by atoms with van der Waals surface area (Å²) in [5, 5.41) is 0. The van der Waals surface area contributed by atoms with Crippen molar-refractivity contribution in [3.63, 3.8) is 0 Å². The number of hydrogen-bond acceptors (Lipinski definition) is 2. The van der Waals surface area contributed by atoms with Gasteiger partial charge in [0.05, 0.1) is 0 Å². The quantitative estimate of drug-likeness (QED) is 0.679. The Morgan fingerprint density at radius 2 is 2.17 bits per heavy atom. The average molecular weight is 170 g/mol. The van der Waals surface area contributed by atoms with Crippen LogP contribution in [0.15, 0.2) is 0 Å². The highest BCUT2D eigenvalue weighted by Crippen LogP contribution is 2.20. The van der Waals surface area contributed by atoms with E-state index in [1.807, 2.05) is 0 Å². The topological polar surface area (TPSA) is 29.3 Å². The van der Waals surface area contributed by atoms with Crippen LogP contribution in [-0.2, 0) is 0 Å². The first-order valence-electron chi connectivity index (χ1n) is 5.05. The van der Waals surface area contributed by atoms with Crippen molar-refractivity contribution in [2.45, 2.75) is 45.2 Å². The maximum atomic E-state index is 5.94. The molecule has 0 spiro atoms. The van der Waals surface area contributed by atoms with Crippen LogP contribution in [0.4, 0.5) is 0 Å². The predicted octanol–water partition coefficient (Wildman–Crippen LogP) is 1.45. The number of rotatable bonds is 2. The molecule has 1 fully saturated rings. The van der Waals surface area contributed by atoms with Gasteiger partial charge >= 0.3 is 0 Å². The van der Waals surface area contributed by atoms with Gasteiger partial charge in [-0.2, -0.15) is 0 Å². The molecule has 2 atom stereocenters. The lowest BCUT2D eigenvalue weighted by Gasteiger charge is -2.36. The first-order chi connectivity index (χ1) is 5.59. The first-order valence-corrected chi connectivity index (χ1v) is 5.05. The molecular weight excluding hydrogens is 148 g/mol. The van der Waals surface area contributed by atoms with E-state index in [9.17, 15) is 0 Å². The van der Waals surface area contributed by atoms with E-state index in [1.54, 1.807) is 0 Å². The maximum Gasteiger partial charge on any atom is 0.0109 e. The number of hydrogen-bond donors (Lipinski definition) is 1. The second-order valence-corrected chi connectivity index (χ2v) is 4.55. The SMILES string of the molecule is CC(C)CC1CC(N)CCN1C. The second kappa shape index (κ2) is 4.24. The summed E-state index contributed by atoms with van der Waals surface area (Å²) in [4.78, 5) is 2.46. The third kappa shape index (κ3) is 2.76. The van der Waals surface area contributed by atoms with E-state index in [1.165, 1.54) is 25.8 Å². The van der Waals surface area contributed by atoms with Crippen LogP contribution in [0.1, 0.15) is 33.1 Å². The van der Waals surface area contributed by atoms with Gasteiger partial charge in [0.1, 0.15) is 0 Å². The standard InChI is InChI=1S/C10H22N2/c1-8(2)6-10-7-9(11)4-5-12(10)3/h8-10H,4-7,11H2,1-3H3. The molecule has 1 saturated heterocycles. The molecule has 0 aromatic rings. The molecule has 1 aliphatic rings. The lowest BCUT2D eigenvalue weighted by molar-refractivity contribution is 0.149. The summed E-state index contributed by atoms with van der Waals surface area (Å²) < 4.78 is 0. The first kappa shape index (κ1) is 10.0. The second-order valence-electron chi connectivity index (χ2n) is 4.55. The van der Waals surface area contributed by atoms with Crippen LogP contribution in [-0.4, -0.2) is 30.6 Å². The van der Waals surface area contributed by atoms with Crippen LogP contribution in [0.3, 0.4) is 0 Å². The highest BCUT2D eigenvalue weighted by molar-refractivity contribution is 4.82. The molecule has 72 valence electrons. The van der Waals surface area contributed by atoms with Crippen molar-refractivity contribution in [1.82, 2.24) is 4.90 Å². The number of nitrogens with zero attached hydrogens (tertiary/aromatic N) is 1. The summed E-state index contributed by atoms with van der Waals surface area (Å²) in [6.45, 7) is 5.75. The van der Waals surface area contributed by atoms with Crippen molar-refractivity contribution in [2.75, 3.05) is 13.6 Å². The van der Waals surface area contributed by atoms with Gasteiger partial charge in [-0.3, -0.25) is 0 Å². The fourth-order valence-corrected chi connectivity index (χ4v) is 2.02. The van der Waals surface area contributed by atoms with E-state index < -0.39 is 0 Å². The number of likely N-dealkylation sites (tertiary alicyclic amines) is 1.